The van der Waals surface area contributed by atoms with E-state index in [-0.39, 0.29) is 24.1 Å². The number of aliphatic carboxylic acids is 3. The SMILES string of the molecule is CCC/C=C/CCCCCCCCCCCCCC[N+](CC(CC)C(=O)[O-])(CC(CC)C(=O)O)CC(CC)C(=O)O. The van der Waals surface area contributed by atoms with Crippen LogP contribution in [0.1, 0.15) is 143 Å². The van der Waals surface area contributed by atoms with Gasteiger partial charge in [0.2, 0.25) is 0 Å². The number of quaternary nitrogens is 1. The Kier molecular flexibility index (Phi) is 23.5. The fourth-order valence-electron chi connectivity index (χ4n) is 5.91. The zero-order valence-electron chi connectivity index (χ0n) is 26.9. The Bertz CT molecular complexity index is 662. The Balaban J connectivity index is 4.76. The van der Waals surface area contributed by atoms with E-state index in [9.17, 15) is 29.7 Å². The van der Waals surface area contributed by atoms with Crippen molar-refractivity contribution in [3.63, 3.8) is 0 Å². The molecule has 0 saturated carbocycles. The Labute approximate surface area is 251 Å². The molecular weight excluding hydrogens is 518 g/mol. The number of nitrogens with zero attached hydrogens (tertiary/aromatic N) is 1. The topological polar surface area (TPSA) is 115 Å². The molecule has 0 fully saturated rings. The standard InChI is InChI=1S/C34H63NO6/c1-5-9-10-11-12-13-14-15-16-17-18-19-20-21-22-23-24-25-35(26-29(6-2)32(36)37,27-30(7-3)33(38)39)28-31(8-4)34(40)41/h10-11,29-31H,5-9,12-28H2,1-4H3,(H2-,36,37,38,39,40,41)/b11-10+. The highest BCUT2D eigenvalue weighted by atomic mass is 16.4. The van der Waals surface area contributed by atoms with E-state index in [1.54, 1.807) is 6.92 Å². The quantitative estimate of drug-likeness (QED) is 0.0547. The average Bonchev–Trinajstić information content (AvgIpc) is 2.94. The molecule has 240 valence electrons. The molecule has 0 rings (SSSR count). The predicted molar refractivity (Wildman–Crippen MR) is 165 cm³/mol. The predicted octanol–water partition coefficient (Wildman–Crippen LogP) is 7.23. The van der Waals surface area contributed by atoms with Gasteiger partial charge in [0.1, 0.15) is 11.8 Å². The number of rotatable bonds is 29. The van der Waals surface area contributed by atoms with Gasteiger partial charge in [-0.2, -0.15) is 0 Å². The number of carboxylic acid groups (broad SMARTS) is 3. The summed E-state index contributed by atoms with van der Waals surface area (Å²) in [5.74, 6) is -4.94. The summed E-state index contributed by atoms with van der Waals surface area (Å²) in [5.41, 5.74) is 0. The zero-order chi connectivity index (χ0) is 30.9. The fraction of sp³-hybridized carbons (Fsp3) is 0.853. The Morgan fingerprint density at radius 2 is 0.951 bits per heavy atom. The molecule has 0 saturated heterocycles. The molecule has 0 radical (unpaired) electrons. The highest BCUT2D eigenvalue weighted by molar-refractivity contribution is 5.70. The van der Waals surface area contributed by atoms with Crippen molar-refractivity contribution in [1.82, 2.24) is 0 Å². The molecule has 0 aliphatic carbocycles. The van der Waals surface area contributed by atoms with Crippen molar-refractivity contribution in [3.05, 3.63) is 12.2 Å². The zero-order valence-corrected chi connectivity index (χ0v) is 26.9. The first-order chi connectivity index (χ1) is 19.7. The van der Waals surface area contributed by atoms with E-state index in [4.69, 9.17) is 0 Å². The van der Waals surface area contributed by atoms with E-state index in [1.165, 1.54) is 77.0 Å². The summed E-state index contributed by atoms with van der Waals surface area (Å²) in [7, 11) is 0. The lowest BCUT2D eigenvalue weighted by Crippen LogP contribution is -2.59. The van der Waals surface area contributed by atoms with Gasteiger partial charge in [0.15, 0.2) is 0 Å². The Morgan fingerprint density at radius 3 is 1.32 bits per heavy atom. The van der Waals surface area contributed by atoms with E-state index in [0.29, 0.717) is 25.8 Å². The molecule has 0 aliphatic rings. The summed E-state index contributed by atoms with van der Waals surface area (Å²) in [6.07, 6.45) is 24.0. The Hall–Kier alpha value is -1.89. The lowest BCUT2D eigenvalue weighted by molar-refractivity contribution is -0.935. The van der Waals surface area contributed by atoms with Gasteiger partial charge in [-0.3, -0.25) is 9.59 Å². The molecule has 41 heavy (non-hydrogen) atoms. The second-order valence-electron chi connectivity index (χ2n) is 12.2. The van der Waals surface area contributed by atoms with Gasteiger partial charge in [-0.1, -0.05) is 104 Å². The second-order valence-corrected chi connectivity index (χ2v) is 12.2. The summed E-state index contributed by atoms with van der Waals surface area (Å²) < 4.78 is 0.219. The van der Waals surface area contributed by atoms with Crippen molar-refractivity contribution < 1.29 is 34.2 Å². The van der Waals surface area contributed by atoms with E-state index in [2.05, 4.69) is 19.1 Å². The second kappa shape index (κ2) is 24.7. The van der Waals surface area contributed by atoms with E-state index in [0.717, 1.165) is 19.3 Å². The molecular formula is C34H63NO6. The minimum atomic E-state index is -1.14. The molecule has 0 aliphatic heterocycles. The number of allylic oxidation sites excluding steroid dienone is 2. The van der Waals surface area contributed by atoms with Crippen LogP contribution in [-0.2, 0) is 14.4 Å². The number of carboxylic acids is 3. The molecule has 0 aromatic carbocycles. The van der Waals surface area contributed by atoms with Crippen LogP contribution in [0.4, 0.5) is 0 Å². The van der Waals surface area contributed by atoms with Crippen molar-refractivity contribution >= 4 is 17.9 Å². The van der Waals surface area contributed by atoms with Crippen LogP contribution in [0.25, 0.3) is 0 Å². The van der Waals surface area contributed by atoms with Crippen LogP contribution < -0.4 is 5.11 Å². The van der Waals surface area contributed by atoms with Gasteiger partial charge < -0.3 is 24.6 Å². The molecule has 3 atom stereocenters. The van der Waals surface area contributed by atoms with Crippen LogP contribution >= 0.6 is 0 Å². The van der Waals surface area contributed by atoms with Crippen molar-refractivity contribution in [3.8, 4) is 0 Å². The molecule has 0 aromatic rings. The van der Waals surface area contributed by atoms with Crippen LogP contribution in [0.5, 0.6) is 0 Å². The summed E-state index contributed by atoms with van der Waals surface area (Å²) in [4.78, 5) is 35.8. The van der Waals surface area contributed by atoms with Gasteiger partial charge in [-0.05, 0) is 51.4 Å². The number of hydrogen-bond acceptors (Lipinski definition) is 4. The molecule has 0 spiro atoms. The van der Waals surface area contributed by atoms with Crippen LogP contribution in [0.15, 0.2) is 12.2 Å². The maximum atomic E-state index is 12.0. The molecule has 3 unspecified atom stereocenters. The number of carbonyl (C=O) groups excluding carboxylic acids is 1. The van der Waals surface area contributed by atoms with Gasteiger partial charge in [-0.15, -0.1) is 0 Å². The lowest BCUT2D eigenvalue weighted by atomic mass is 9.95. The monoisotopic (exact) mass is 581 g/mol. The fourth-order valence-corrected chi connectivity index (χ4v) is 5.91. The number of hydrogen-bond donors (Lipinski definition) is 2. The van der Waals surface area contributed by atoms with Gasteiger partial charge in [0.05, 0.1) is 32.1 Å². The van der Waals surface area contributed by atoms with E-state index >= 15 is 0 Å². The largest absolute Gasteiger partial charge is 0.550 e. The summed E-state index contributed by atoms with van der Waals surface area (Å²) in [6, 6.07) is 0. The summed E-state index contributed by atoms with van der Waals surface area (Å²) in [5, 5.41) is 31.5. The average molecular weight is 582 g/mol. The minimum absolute atomic E-state index is 0.219. The van der Waals surface area contributed by atoms with Crippen molar-refractivity contribution in [2.75, 3.05) is 26.2 Å². The summed E-state index contributed by atoms with van der Waals surface area (Å²) >= 11 is 0. The van der Waals surface area contributed by atoms with Crippen LogP contribution in [0.3, 0.4) is 0 Å². The maximum absolute atomic E-state index is 12.0. The number of unbranched alkanes of at least 4 members (excludes halogenated alkanes) is 13. The van der Waals surface area contributed by atoms with Crippen LogP contribution in [0.2, 0.25) is 0 Å². The van der Waals surface area contributed by atoms with Gasteiger partial charge in [0, 0.05) is 5.92 Å². The Morgan fingerprint density at radius 1 is 0.585 bits per heavy atom. The van der Waals surface area contributed by atoms with E-state index < -0.39 is 35.7 Å². The highest BCUT2D eigenvalue weighted by Gasteiger charge is 2.39. The third kappa shape index (κ3) is 19.0. The third-order valence-corrected chi connectivity index (χ3v) is 8.71. The smallest absolute Gasteiger partial charge is 0.312 e. The van der Waals surface area contributed by atoms with Crippen LogP contribution in [-0.4, -0.2) is 58.8 Å². The first-order valence-corrected chi connectivity index (χ1v) is 16.8. The van der Waals surface area contributed by atoms with Crippen LogP contribution in [0, 0.1) is 17.8 Å². The molecule has 2 N–H and O–H groups in total. The summed E-state index contributed by atoms with van der Waals surface area (Å²) in [6.45, 7) is 9.00. The van der Waals surface area contributed by atoms with Crippen molar-refractivity contribution in [2.24, 2.45) is 17.8 Å². The highest BCUT2D eigenvalue weighted by Crippen LogP contribution is 2.25. The third-order valence-electron chi connectivity index (χ3n) is 8.71. The van der Waals surface area contributed by atoms with Gasteiger partial charge >= 0.3 is 11.9 Å². The molecule has 0 aromatic heterocycles. The van der Waals surface area contributed by atoms with Gasteiger partial charge in [-0.25, -0.2) is 0 Å². The molecule has 0 amide bonds. The van der Waals surface area contributed by atoms with Crippen molar-refractivity contribution in [1.29, 1.82) is 0 Å². The van der Waals surface area contributed by atoms with Crippen molar-refractivity contribution in [2.45, 2.75) is 143 Å². The molecule has 7 heteroatoms. The first kappa shape index (κ1) is 39.1. The minimum Gasteiger partial charge on any atom is -0.550 e. The molecule has 0 bridgehead atoms. The first-order valence-electron chi connectivity index (χ1n) is 16.8. The van der Waals surface area contributed by atoms with Gasteiger partial charge in [0.25, 0.3) is 0 Å². The van der Waals surface area contributed by atoms with E-state index in [1.807, 2.05) is 13.8 Å². The molecule has 0 heterocycles. The normalized spacial score (nSPS) is 15.4. The maximum Gasteiger partial charge on any atom is 0.312 e. The molecule has 7 nitrogen and oxygen atoms in total. The number of carbonyl (C=O) groups is 3. The lowest BCUT2D eigenvalue weighted by Gasteiger charge is -2.44.